The number of hydrogen-bond donors (Lipinski definition) is 0. The van der Waals surface area contributed by atoms with Crippen LogP contribution in [-0.2, 0) is 22.6 Å². The zero-order chi connectivity index (χ0) is 25.2. The highest BCUT2D eigenvalue weighted by Crippen LogP contribution is 2.34. The zero-order valence-corrected chi connectivity index (χ0v) is 21.5. The van der Waals surface area contributed by atoms with Crippen molar-refractivity contribution in [1.82, 2.24) is 19.8 Å². The molecule has 1 aromatic carbocycles. The van der Waals surface area contributed by atoms with E-state index in [1.807, 2.05) is 41.8 Å². The zero-order valence-electron chi connectivity index (χ0n) is 21.5. The largest absolute Gasteiger partial charge is 0.376 e. The van der Waals surface area contributed by atoms with E-state index in [4.69, 9.17) is 14.7 Å². The molecule has 1 atom stereocenters. The third kappa shape index (κ3) is 5.02. The maximum atomic E-state index is 13.4. The summed E-state index contributed by atoms with van der Waals surface area (Å²) in [6.45, 7) is 10.9. The number of carbonyl (C=O) groups is 2. The van der Waals surface area contributed by atoms with Gasteiger partial charge < -0.3 is 24.3 Å². The number of nitrogens with zero attached hydrogens (tertiary/aromatic N) is 6. The third-order valence-electron chi connectivity index (χ3n) is 7.36. The summed E-state index contributed by atoms with van der Waals surface area (Å²) >= 11 is 0. The molecule has 2 aromatic rings. The van der Waals surface area contributed by atoms with E-state index in [0.29, 0.717) is 57.5 Å². The molecular weight excluding hydrogens is 456 g/mol. The number of aromatic nitrogens is 2. The summed E-state index contributed by atoms with van der Waals surface area (Å²) in [6.07, 6.45) is 2.23. The average Bonchev–Trinajstić information content (AvgIpc) is 3.51. The Morgan fingerprint density at radius 1 is 1.14 bits per heavy atom. The predicted octanol–water partition coefficient (Wildman–Crippen LogP) is 2.69. The van der Waals surface area contributed by atoms with Gasteiger partial charge in [-0.15, -0.1) is 0 Å². The van der Waals surface area contributed by atoms with E-state index < -0.39 is 0 Å². The van der Waals surface area contributed by atoms with Crippen molar-refractivity contribution in [1.29, 1.82) is 0 Å². The number of ether oxygens (including phenoxy) is 1. The van der Waals surface area contributed by atoms with Gasteiger partial charge in [0.05, 0.1) is 12.6 Å². The molecule has 5 rings (SSSR count). The summed E-state index contributed by atoms with van der Waals surface area (Å²) in [5, 5.41) is 0. The molecule has 192 valence electrons. The van der Waals surface area contributed by atoms with Crippen LogP contribution in [-0.4, -0.2) is 83.1 Å². The van der Waals surface area contributed by atoms with E-state index in [0.717, 1.165) is 30.8 Å². The van der Waals surface area contributed by atoms with Gasteiger partial charge in [0.2, 0.25) is 11.9 Å². The molecule has 0 bridgehead atoms. The maximum absolute atomic E-state index is 13.4. The number of rotatable bonds is 7. The Balaban J connectivity index is 1.53. The first-order valence-corrected chi connectivity index (χ1v) is 13.0. The van der Waals surface area contributed by atoms with Crippen molar-refractivity contribution in [2.24, 2.45) is 0 Å². The molecule has 0 saturated carbocycles. The fourth-order valence-corrected chi connectivity index (χ4v) is 5.27. The number of piperazine rings is 1. The van der Waals surface area contributed by atoms with Crippen LogP contribution in [0.3, 0.4) is 0 Å². The molecule has 0 spiro atoms. The average molecular weight is 493 g/mol. The minimum Gasteiger partial charge on any atom is -0.376 e. The fraction of sp³-hybridized carbons (Fsp3) is 0.556. The quantitative estimate of drug-likeness (QED) is 0.588. The van der Waals surface area contributed by atoms with Crippen LogP contribution in [0, 0.1) is 0 Å². The van der Waals surface area contributed by atoms with Crippen molar-refractivity contribution in [2.75, 3.05) is 49.1 Å². The Labute approximate surface area is 213 Å². The number of carbonyl (C=O) groups excluding carboxylic acids is 2. The van der Waals surface area contributed by atoms with Gasteiger partial charge in [-0.3, -0.25) is 9.59 Å². The highest BCUT2D eigenvalue weighted by Gasteiger charge is 2.37. The smallest absolute Gasteiger partial charge is 0.273 e. The molecule has 2 saturated heterocycles. The fourth-order valence-electron chi connectivity index (χ4n) is 5.27. The second-order valence-corrected chi connectivity index (χ2v) is 10.2. The summed E-state index contributed by atoms with van der Waals surface area (Å²) in [5.41, 5.74) is 2.58. The third-order valence-corrected chi connectivity index (χ3v) is 7.36. The number of anilines is 2. The van der Waals surface area contributed by atoms with Crippen molar-refractivity contribution >= 4 is 23.6 Å². The molecule has 9 heteroatoms. The lowest BCUT2D eigenvalue weighted by atomic mass is 10.1. The standard InChI is InChI=1S/C27H36N6O3/c1-19(2)33-18-23-24(26(33)35)28-27(31-13-11-30(12-14-31)20(3)34)29-25(23)32(17-22-10-7-15-36-22)16-21-8-5-4-6-9-21/h4-6,8-9,19,22H,7,10-18H2,1-3H3. The van der Waals surface area contributed by atoms with Crippen LogP contribution in [0.1, 0.15) is 55.2 Å². The number of hydrogen-bond acceptors (Lipinski definition) is 7. The highest BCUT2D eigenvalue weighted by atomic mass is 16.5. The van der Waals surface area contributed by atoms with Crippen LogP contribution in [0.15, 0.2) is 30.3 Å². The Bertz CT molecular complexity index is 1090. The Hall–Kier alpha value is -3.20. The normalized spacial score (nSPS) is 19.8. The molecule has 1 aromatic heterocycles. The molecule has 9 nitrogen and oxygen atoms in total. The summed E-state index contributed by atoms with van der Waals surface area (Å²) in [7, 11) is 0. The van der Waals surface area contributed by atoms with Crippen molar-refractivity contribution in [3.8, 4) is 0 Å². The number of fused-ring (bicyclic) bond motifs is 1. The van der Waals surface area contributed by atoms with Gasteiger partial charge in [-0.2, -0.15) is 4.98 Å². The summed E-state index contributed by atoms with van der Waals surface area (Å²) in [4.78, 5) is 43.2. The summed E-state index contributed by atoms with van der Waals surface area (Å²) < 4.78 is 6.01. The monoisotopic (exact) mass is 492 g/mol. The van der Waals surface area contributed by atoms with Crippen molar-refractivity contribution in [3.05, 3.63) is 47.2 Å². The molecule has 3 aliphatic rings. The van der Waals surface area contributed by atoms with Gasteiger partial charge in [-0.05, 0) is 32.3 Å². The lowest BCUT2D eigenvalue weighted by molar-refractivity contribution is -0.129. The molecule has 4 heterocycles. The van der Waals surface area contributed by atoms with E-state index >= 15 is 0 Å². The predicted molar refractivity (Wildman–Crippen MR) is 138 cm³/mol. The van der Waals surface area contributed by atoms with Gasteiger partial charge in [-0.25, -0.2) is 4.98 Å². The van der Waals surface area contributed by atoms with Gasteiger partial charge in [-0.1, -0.05) is 30.3 Å². The Morgan fingerprint density at radius 3 is 2.53 bits per heavy atom. The Kier molecular flexibility index (Phi) is 7.09. The van der Waals surface area contributed by atoms with Crippen LogP contribution in [0.25, 0.3) is 0 Å². The molecule has 2 fully saturated rings. The minimum absolute atomic E-state index is 0.0379. The van der Waals surface area contributed by atoms with Crippen molar-refractivity contribution in [2.45, 2.75) is 58.8 Å². The van der Waals surface area contributed by atoms with Gasteiger partial charge in [0.15, 0.2) is 0 Å². The second kappa shape index (κ2) is 10.4. The van der Waals surface area contributed by atoms with Crippen LogP contribution >= 0.6 is 0 Å². The van der Waals surface area contributed by atoms with Gasteiger partial charge in [0.1, 0.15) is 11.5 Å². The first-order valence-electron chi connectivity index (χ1n) is 13.0. The SMILES string of the molecule is CC(=O)N1CCN(c2nc3c(c(N(Cc4ccccc4)CC4CCCO4)n2)CN(C(C)C)C3=O)CC1. The summed E-state index contributed by atoms with van der Waals surface area (Å²) in [5.74, 6) is 1.43. The molecule has 2 amide bonds. The van der Waals surface area contributed by atoms with Crippen molar-refractivity contribution in [3.63, 3.8) is 0 Å². The molecule has 3 aliphatic heterocycles. The first-order chi connectivity index (χ1) is 17.4. The topological polar surface area (TPSA) is 82.1 Å². The van der Waals surface area contributed by atoms with Crippen LogP contribution in [0.5, 0.6) is 0 Å². The van der Waals surface area contributed by atoms with Crippen LogP contribution in [0.4, 0.5) is 11.8 Å². The van der Waals surface area contributed by atoms with E-state index in [1.165, 1.54) is 5.56 Å². The van der Waals surface area contributed by atoms with E-state index in [-0.39, 0.29) is 24.0 Å². The van der Waals surface area contributed by atoms with Gasteiger partial charge in [0.25, 0.3) is 5.91 Å². The minimum atomic E-state index is -0.0379. The van der Waals surface area contributed by atoms with Crippen LogP contribution in [0.2, 0.25) is 0 Å². The van der Waals surface area contributed by atoms with Gasteiger partial charge >= 0.3 is 0 Å². The first kappa shape index (κ1) is 24.5. The molecule has 1 unspecified atom stereocenters. The molecule has 0 aliphatic carbocycles. The van der Waals surface area contributed by atoms with Crippen molar-refractivity contribution < 1.29 is 14.3 Å². The molecule has 0 radical (unpaired) electrons. The highest BCUT2D eigenvalue weighted by molar-refractivity contribution is 5.98. The molecule has 0 N–H and O–H groups in total. The van der Waals surface area contributed by atoms with E-state index in [1.54, 1.807) is 6.92 Å². The second-order valence-electron chi connectivity index (χ2n) is 10.2. The van der Waals surface area contributed by atoms with E-state index in [2.05, 4.69) is 21.9 Å². The number of benzene rings is 1. The lowest BCUT2D eigenvalue weighted by Crippen LogP contribution is -2.48. The molecular formula is C27H36N6O3. The summed E-state index contributed by atoms with van der Waals surface area (Å²) in [6, 6.07) is 10.4. The lowest BCUT2D eigenvalue weighted by Gasteiger charge is -2.35. The molecule has 36 heavy (non-hydrogen) atoms. The van der Waals surface area contributed by atoms with E-state index in [9.17, 15) is 9.59 Å². The maximum Gasteiger partial charge on any atom is 0.273 e. The van der Waals surface area contributed by atoms with Crippen LogP contribution < -0.4 is 9.80 Å². The number of amides is 2. The van der Waals surface area contributed by atoms with Gasteiger partial charge in [0, 0.05) is 64.4 Å². The Morgan fingerprint density at radius 2 is 1.89 bits per heavy atom.